The van der Waals surface area contributed by atoms with Crippen LogP contribution in [0, 0.1) is 0 Å². The average molecular weight is 780 g/mol. The van der Waals surface area contributed by atoms with Crippen molar-refractivity contribution >= 4 is 0 Å². The van der Waals surface area contributed by atoms with Crippen molar-refractivity contribution in [1.82, 2.24) is 14.7 Å². The van der Waals surface area contributed by atoms with Gasteiger partial charge in [0.15, 0.2) is 0 Å². The minimum atomic E-state index is -0.417. The molecule has 2 aliphatic rings. The van der Waals surface area contributed by atoms with E-state index in [0.29, 0.717) is 38.4 Å². The molecule has 2 rings (SSSR count). The van der Waals surface area contributed by atoms with Crippen LogP contribution in [0.3, 0.4) is 0 Å². The molecule has 2 fully saturated rings. The Morgan fingerprint density at radius 2 is 0.582 bits per heavy atom. The standard InChI is InChI=1S/C48H97N3O4/c1-4-7-10-13-16-19-22-25-28-31-34-49(37-45(52)39-50(41-47-43-54-47)35-32-29-26-23-20-17-14-11-8-5-2)38-46(53)40-51(42-48-44-55-48)36-33-30-27-24-21-18-15-12-9-6-3/h45-48,52-53H,4-44H2,1-3H3. The maximum Gasteiger partial charge on any atom is 0.0936 e. The van der Waals surface area contributed by atoms with Gasteiger partial charge >= 0.3 is 0 Å². The molecular weight excluding hydrogens is 683 g/mol. The largest absolute Gasteiger partial charge is 0.390 e. The van der Waals surface area contributed by atoms with Crippen molar-refractivity contribution in [3.05, 3.63) is 0 Å². The summed E-state index contributed by atoms with van der Waals surface area (Å²) in [4.78, 5) is 7.32. The summed E-state index contributed by atoms with van der Waals surface area (Å²) in [6.07, 6.45) is 40.1. The number of hydrogen-bond acceptors (Lipinski definition) is 7. The van der Waals surface area contributed by atoms with Crippen LogP contribution in [0.25, 0.3) is 0 Å². The molecule has 0 aliphatic carbocycles. The van der Waals surface area contributed by atoms with E-state index in [1.807, 2.05) is 0 Å². The summed E-state index contributed by atoms with van der Waals surface area (Å²) in [6.45, 7) is 16.2. The summed E-state index contributed by atoms with van der Waals surface area (Å²) < 4.78 is 11.3. The molecule has 0 aromatic rings. The number of epoxide rings is 2. The lowest BCUT2D eigenvalue weighted by atomic mass is 10.1. The first-order chi connectivity index (χ1) is 27.0. The van der Waals surface area contributed by atoms with Crippen LogP contribution in [0.2, 0.25) is 0 Å². The summed E-state index contributed by atoms with van der Waals surface area (Å²) in [5.74, 6) is 0. The number of nitrogens with zero attached hydrogens (tertiary/aromatic N) is 3. The molecular formula is C48H97N3O4. The molecule has 0 amide bonds. The van der Waals surface area contributed by atoms with E-state index < -0.39 is 12.2 Å². The molecule has 4 atom stereocenters. The number of unbranched alkanes of at least 4 members (excludes halogenated alkanes) is 27. The van der Waals surface area contributed by atoms with E-state index >= 15 is 0 Å². The van der Waals surface area contributed by atoms with Crippen LogP contribution in [0.4, 0.5) is 0 Å². The fourth-order valence-corrected chi connectivity index (χ4v) is 8.47. The van der Waals surface area contributed by atoms with Crippen LogP contribution in [-0.4, -0.2) is 121 Å². The number of rotatable bonds is 45. The fourth-order valence-electron chi connectivity index (χ4n) is 8.47. The van der Waals surface area contributed by atoms with Gasteiger partial charge in [-0.25, -0.2) is 0 Å². The Bertz CT molecular complexity index is 745. The van der Waals surface area contributed by atoms with Crippen LogP contribution < -0.4 is 0 Å². The zero-order valence-corrected chi connectivity index (χ0v) is 37.4. The van der Waals surface area contributed by atoms with E-state index in [4.69, 9.17) is 9.47 Å². The van der Waals surface area contributed by atoms with Gasteiger partial charge in [0, 0.05) is 39.3 Å². The van der Waals surface area contributed by atoms with Crippen molar-refractivity contribution in [2.75, 3.05) is 72.1 Å². The van der Waals surface area contributed by atoms with Crippen molar-refractivity contribution in [1.29, 1.82) is 0 Å². The lowest BCUT2D eigenvalue weighted by Crippen LogP contribution is -2.46. The lowest BCUT2D eigenvalue weighted by Gasteiger charge is -2.32. The highest BCUT2D eigenvalue weighted by molar-refractivity contribution is 4.80. The summed E-state index contributed by atoms with van der Waals surface area (Å²) >= 11 is 0. The average Bonchev–Trinajstić information content (AvgIpc) is 4.12. The first-order valence-corrected chi connectivity index (χ1v) is 24.8. The van der Waals surface area contributed by atoms with Gasteiger partial charge in [-0.15, -0.1) is 0 Å². The zero-order valence-electron chi connectivity index (χ0n) is 37.4. The summed E-state index contributed by atoms with van der Waals surface area (Å²) in [5, 5.41) is 23.0. The first kappa shape index (κ1) is 50.9. The highest BCUT2D eigenvalue weighted by Crippen LogP contribution is 2.17. The van der Waals surface area contributed by atoms with E-state index in [-0.39, 0.29) is 0 Å². The summed E-state index contributed by atoms with van der Waals surface area (Å²) in [6, 6.07) is 0. The predicted molar refractivity (Wildman–Crippen MR) is 236 cm³/mol. The van der Waals surface area contributed by atoms with E-state index in [2.05, 4.69) is 35.5 Å². The van der Waals surface area contributed by atoms with Crippen molar-refractivity contribution in [2.24, 2.45) is 0 Å². The topological polar surface area (TPSA) is 75.2 Å². The molecule has 0 aromatic carbocycles. The Morgan fingerprint density at radius 1 is 0.364 bits per heavy atom. The Hall–Kier alpha value is -0.280. The molecule has 0 bridgehead atoms. The Kier molecular flexibility index (Phi) is 34.0. The first-order valence-electron chi connectivity index (χ1n) is 24.8. The van der Waals surface area contributed by atoms with E-state index in [9.17, 15) is 10.2 Å². The Morgan fingerprint density at radius 3 is 0.836 bits per heavy atom. The third kappa shape index (κ3) is 33.3. The Labute approximate surface area is 343 Å². The maximum atomic E-state index is 11.5. The molecule has 2 saturated heterocycles. The minimum absolute atomic E-state index is 0.344. The van der Waals surface area contributed by atoms with Crippen LogP contribution in [-0.2, 0) is 9.47 Å². The molecule has 7 nitrogen and oxygen atoms in total. The minimum Gasteiger partial charge on any atom is -0.390 e. The number of aliphatic hydroxyl groups is 2. The van der Waals surface area contributed by atoms with Gasteiger partial charge in [0.05, 0.1) is 37.6 Å². The monoisotopic (exact) mass is 780 g/mol. The SMILES string of the molecule is CCCCCCCCCCCCN(CC(O)CN(CCCCCCCCCCCC)CC1CO1)CC(O)CN(CCCCCCCCCCCC)CC1CO1. The summed E-state index contributed by atoms with van der Waals surface area (Å²) in [5.41, 5.74) is 0. The fraction of sp³-hybridized carbons (Fsp3) is 1.00. The van der Waals surface area contributed by atoms with Crippen molar-refractivity contribution in [3.8, 4) is 0 Å². The third-order valence-electron chi connectivity index (χ3n) is 12.1. The van der Waals surface area contributed by atoms with Crippen molar-refractivity contribution < 1.29 is 19.7 Å². The number of ether oxygens (including phenoxy) is 2. The van der Waals surface area contributed by atoms with E-state index in [0.717, 1.165) is 52.4 Å². The van der Waals surface area contributed by atoms with Crippen LogP contribution in [0.5, 0.6) is 0 Å². The molecule has 0 saturated carbocycles. The molecule has 0 spiro atoms. The van der Waals surface area contributed by atoms with Gasteiger partial charge in [0.2, 0.25) is 0 Å². The van der Waals surface area contributed by atoms with Crippen LogP contribution in [0.15, 0.2) is 0 Å². The highest BCUT2D eigenvalue weighted by Gasteiger charge is 2.28. The van der Waals surface area contributed by atoms with Gasteiger partial charge in [-0.1, -0.05) is 194 Å². The molecule has 2 heterocycles. The third-order valence-corrected chi connectivity index (χ3v) is 12.1. The maximum absolute atomic E-state index is 11.5. The molecule has 7 heteroatoms. The van der Waals surface area contributed by atoms with Crippen molar-refractivity contribution in [3.63, 3.8) is 0 Å². The smallest absolute Gasteiger partial charge is 0.0936 e. The molecule has 2 aliphatic heterocycles. The van der Waals surface area contributed by atoms with Gasteiger partial charge in [0.1, 0.15) is 0 Å². The highest BCUT2D eigenvalue weighted by atomic mass is 16.6. The molecule has 2 N–H and O–H groups in total. The van der Waals surface area contributed by atoms with Gasteiger partial charge < -0.3 is 19.7 Å². The second kappa shape index (κ2) is 36.8. The normalized spacial score (nSPS) is 17.9. The van der Waals surface area contributed by atoms with Crippen LogP contribution >= 0.6 is 0 Å². The van der Waals surface area contributed by atoms with Gasteiger partial charge in [-0.3, -0.25) is 14.7 Å². The molecule has 328 valence electrons. The number of hydrogen-bond donors (Lipinski definition) is 2. The van der Waals surface area contributed by atoms with E-state index in [1.165, 1.54) is 186 Å². The van der Waals surface area contributed by atoms with Crippen molar-refractivity contribution in [2.45, 2.75) is 238 Å². The Balaban J connectivity index is 1.79. The van der Waals surface area contributed by atoms with Gasteiger partial charge in [-0.2, -0.15) is 0 Å². The zero-order chi connectivity index (χ0) is 39.4. The van der Waals surface area contributed by atoms with Gasteiger partial charge in [-0.05, 0) is 38.9 Å². The quantitative estimate of drug-likeness (QED) is 0.0471. The summed E-state index contributed by atoms with van der Waals surface area (Å²) in [7, 11) is 0. The van der Waals surface area contributed by atoms with E-state index in [1.54, 1.807) is 0 Å². The molecule has 55 heavy (non-hydrogen) atoms. The second-order valence-corrected chi connectivity index (χ2v) is 18.0. The molecule has 0 radical (unpaired) electrons. The molecule has 4 unspecified atom stereocenters. The molecule has 0 aromatic heterocycles. The predicted octanol–water partition coefficient (Wildman–Crippen LogP) is 11.2. The lowest BCUT2D eigenvalue weighted by molar-refractivity contribution is 0.0346. The second-order valence-electron chi connectivity index (χ2n) is 18.0. The van der Waals surface area contributed by atoms with Gasteiger partial charge in [0.25, 0.3) is 0 Å². The number of aliphatic hydroxyl groups excluding tert-OH is 2. The van der Waals surface area contributed by atoms with Crippen LogP contribution in [0.1, 0.15) is 213 Å².